The molecule has 1 spiro atoms. The van der Waals surface area contributed by atoms with Crippen LogP contribution in [0.1, 0.15) is 66.7 Å². The van der Waals surface area contributed by atoms with Gasteiger partial charge in [-0.05, 0) is 39.0 Å². The minimum absolute atomic E-state index is 0.110. The number of likely N-dealkylation sites (tertiary alicyclic amines) is 1. The first kappa shape index (κ1) is 34.3. The van der Waals surface area contributed by atoms with Gasteiger partial charge >= 0.3 is 5.97 Å². The van der Waals surface area contributed by atoms with Crippen molar-refractivity contribution in [1.82, 2.24) is 15.1 Å². The third-order valence-electron chi connectivity index (χ3n) is 8.87. The SMILES string of the molecule is C=CCCC(=O)NC[C@@H](C)OC(=O)[C@@H]1[C@H]2O[C@@]3(CC2Br)[C@H](C(=O)N(CC=C)C(C)CCC)N([C@@H](CO)C(C)C)C(=O)[C@@H]13. The van der Waals surface area contributed by atoms with Gasteiger partial charge in [0.05, 0.1) is 37.1 Å². The first-order valence-corrected chi connectivity index (χ1v) is 16.1. The zero-order valence-corrected chi connectivity index (χ0v) is 27.2. The van der Waals surface area contributed by atoms with Gasteiger partial charge in [0.2, 0.25) is 17.7 Å². The number of amides is 3. The molecule has 3 rings (SSSR count). The highest BCUT2D eigenvalue weighted by atomic mass is 79.9. The Morgan fingerprint density at radius 3 is 2.52 bits per heavy atom. The lowest BCUT2D eigenvalue weighted by Crippen LogP contribution is -2.61. The van der Waals surface area contributed by atoms with Crippen LogP contribution in [0.15, 0.2) is 25.3 Å². The van der Waals surface area contributed by atoms with Crippen molar-refractivity contribution in [1.29, 1.82) is 0 Å². The average molecular weight is 655 g/mol. The summed E-state index contributed by atoms with van der Waals surface area (Å²) in [5.41, 5.74) is -1.26. The lowest BCUT2D eigenvalue weighted by atomic mass is 9.70. The Bertz CT molecular complexity index is 1040. The average Bonchev–Trinajstić information content (AvgIpc) is 3.53. The first-order chi connectivity index (χ1) is 19.9. The molecule has 3 aliphatic rings. The Morgan fingerprint density at radius 2 is 1.95 bits per heavy atom. The molecule has 3 fully saturated rings. The number of hydrogen-bond donors (Lipinski definition) is 2. The van der Waals surface area contributed by atoms with Gasteiger partial charge in [0.1, 0.15) is 17.7 Å². The number of esters is 1. The maximum absolute atomic E-state index is 14.5. The summed E-state index contributed by atoms with van der Waals surface area (Å²) in [4.78, 5) is 57.5. The van der Waals surface area contributed by atoms with E-state index in [0.29, 0.717) is 25.8 Å². The number of carbonyl (C=O) groups is 4. The van der Waals surface area contributed by atoms with Crippen LogP contribution in [-0.2, 0) is 28.7 Å². The van der Waals surface area contributed by atoms with Gasteiger partial charge in [-0.15, -0.1) is 13.2 Å². The summed E-state index contributed by atoms with van der Waals surface area (Å²) in [5, 5.41) is 13.2. The van der Waals surface area contributed by atoms with Crippen molar-refractivity contribution in [2.45, 2.75) is 107 Å². The van der Waals surface area contributed by atoms with E-state index in [1.807, 2.05) is 20.8 Å². The number of rotatable bonds is 16. The third-order valence-corrected chi connectivity index (χ3v) is 9.72. The molecule has 0 saturated carbocycles. The minimum Gasteiger partial charge on any atom is -0.460 e. The second-order valence-electron chi connectivity index (χ2n) is 12.2. The number of aliphatic hydroxyl groups is 1. The number of hydrogen-bond acceptors (Lipinski definition) is 7. The molecule has 3 heterocycles. The molecule has 0 aliphatic carbocycles. The molecular weight excluding hydrogens is 606 g/mol. The van der Waals surface area contributed by atoms with Crippen LogP contribution in [-0.4, -0.2) is 99.1 Å². The van der Waals surface area contributed by atoms with E-state index in [-0.39, 0.29) is 47.7 Å². The van der Waals surface area contributed by atoms with Gasteiger partial charge in [-0.1, -0.05) is 55.3 Å². The lowest BCUT2D eigenvalue weighted by Gasteiger charge is -2.41. The zero-order valence-electron chi connectivity index (χ0n) is 25.6. The highest BCUT2D eigenvalue weighted by Crippen LogP contribution is 2.61. The number of aliphatic hydroxyl groups excluding tert-OH is 1. The molecule has 2 N–H and O–H groups in total. The van der Waals surface area contributed by atoms with Crippen LogP contribution in [0, 0.1) is 17.8 Å². The Morgan fingerprint density at radius 1 is 1.26 bits per heavy atom. The Hall–Kier alpha value is -2.24. The molecule has 236 valence electrons. The molecule has 10 nitrogen and oxygen atoms in total. The summed E-state index contributed by atoms with van der Waals surface area (Å²) in [6.45, 7) is 17.0. The van der Waals surface area contributed by atoms with Crippen molar-refractivity contribution >= 4 is 39.6 Å². The van der Waals surface area contributed by atoms with Crippen LogP contribution in [0.3, 0.4) is 0 Å². The van der Waals surface area contributed by atoms with Crippen LogP contribution in [0.25, 0.3) is 0 Å². The molecule has 11 heteroatoms. The summed E-state index contributed by atoms with van der Waals surface area (Å²) in [7, 11) is 0. The van der Waals surface area contributed by atoms with E-state index in [0.717, 1.165) is 12.8 Å². The highest BCUT2D eigenvalue weighted by molar-refractivity contribution is 9.09. The van der Waals surface area contributed by atoms with Crippen molar-refractivity contribution in [2.75, 3.05) is 19.7 Å². The normalized spacial score (nSPS) is 30.0. The van der Waals surface area contributed by atoms with Gasteiger partial charge in [0.25, 0.3) is 0 Å². The number of nitrogens with one attached hydrogen (secondary N) is 1. The van der Waals surface area contributed by atoms with Crippen molar-refractivity contribution < 1.29 is 33.8 Å². The maximum atomic E-state index is 14.5. The van der Waals surface area contributed by atoms with Crippen LogP contribution in [0.4, 0.5) is 0 Å². The number of nitrogens with zero attached hydrogens (tertiary/aromatic N) is 2. The van der Waals surface area contributed by atoms with Crippen LogP contribution in [0.2, 0.25) is 0 Å². The fourth-order valence-electron chi connectivity index (χ4n) is 6.85. The number of allylic oxidation sites excluding steroid dienone is 1. The Balaban J connectivity index is 1.97. The summed E-state index contributed by atoms with van der Waals surface area (Å²) in [6.07, 6.45) is 4.87. The van der Waals surface area contributed by atoms with E-state index in [4.69, 9.17) is 9.47 Å². The second kappa shape index (κ2) is 14.5. The van der Waals surface area contributed by atoms with Crippen LogP contribution < -0.4 is 5.32 Å². The van der Waals surface area contributed by atoms with E-state index >= 15 is 0 Å². The van der Waals surface area contributed by atoms with Crippen LogP contribution in [0.5, 0.6) is 0 Å². The van der Waals surface area contributed by atoms with Gasteiger partial charge < -0.3 is 29.7 Å². The zero-order chi connectivity index (χ0) is 31.4. The topological polar surface area (TPSA) is 125 Å². The summed E-state index contributed by atoms with van der Waals surface area (Å²) >= 11 is 3.68. The highest BCUT2D eigenvalue weighted by Gasteiger charge is 2.77. The molecule has 3 saturated heterocycles. The first-order valence-electron chi connectivity index (χ1n) is 15.1. The molecule has 2 unspecified atom stereocenters. The molecule has 9 atom stereocenters. The smallest absolute Gasteiger partial charge is 0.312 e. The standard InChI is InChI=1S/C31H48BrN3O7/c1-8-11-13-23(37)33-16-20(7)41-30(40)24-25-28(38)35(22(17-36)18(4)5)27(31(25)15-21(32)26(24)42-31)29(39)34(14-10-3)19(6)12-9-2/h8,10,18-22,24-27,36H,1,3,9,11-17H2,2,4-7H3,(H,33,37)/t19?,20-,21?,22+,24+,25-,26+,27+,31-/m1/s1. The lowest BCUT2D eigenvalue weighted by molar-refractivity contribution is -0.160. The molecule has 2 bridgehead atoms. The fraction of sp³-hybridized carbons (Fsp3) is 0.742. The number of fused-ring (bicyclic) bond motifs is 1. The summed E-state index contributed by atoms with van der Waals surface area (Å²) in [5.74, 6) is -3.45. The second-order valence-corrected chi connectivity index (χ2v) is 13.4. The minimum atomic E-state index is -1.26. The number of alkyl halides is 1. The summed E-state index contributed by atoms with van der Waals surface area (Å²) < 4.78 is 12.3. The molecule has 3 aliphatic heterocycles. The number of carbonyl (C=O) groups excluding carboxylic acids is 4. The molecule has 42 heavy (non-hydrogen) atoms. The maximum Gasteiger partial charge on any atom is 0.312 e. The predicted molar refractivity (Wildman–Crippen MR) is 163 cm³/mol. The van der Waals surface area contributed by atoms with E-state index in [2.05, 4.69) is 41.3 Å². The third kappa shape index (κ3) is 6.48. The largest absolute Gasteiger partial charge is 0.460 e. The van der Waals surface area contributed by atoms with Crippen molar-refractivity contribution in [2.24, 2.45) is 17.8 Å². The molecule has 0 radical (unpaired) electrons. The van der Waals surface area contributed by atoms with Crippen molar-refractivity contribution in [3.63, 3.8) is 0 Å². The van der Waals surface area contributed by atoms with Gasteiger partial charge in [-0.2, -0.15) is 0 Å². The summed E-state index contributed by atoms with van der Waals surface area (Å²) in [6, 6.07) is -1.77. The van der Waals surface area contributed by atoms with E-state index in [9.17, 15) is 24.3 Å². The Labute approximate surface area is 258 Å². The van der Waals surface area contributed by atoms with E-state index < -0.39 is 47.7 Å². The molecule has 0 aromatic carbocycles. The molecule has 0 aromatic rings. The predicted octanol–water partition coefficient (Wildman–Crippen LogP) is 2.97. The van der Waals surface area contributed by atoms with Crippen LogP contribution >= 0.6 is 15.9 Å². The van der Waals surface area contributed by atoms with Gasteiger partial charge in [-0.3, -0.25) is 19.2 Å². The quantitative estimate of drug-likeness (QED) is 0.149. The number of halogens is 1. The van der Waals surface area contributed by atoms with Gasteiger partial charge in [0.15, 0.2) is 0 Å². The van der Waals surface area contributed by atoms with Crippen molar-refractivity contribution in [3.05, 3.63) is 25.3 Å². The monoisotopic (exact) mass is 653 g/mol. The fourth-order valence-corrected chi connectivity index (χ4v) is 7.79. The molecular formula is C31H48BrN3O7. The van der Waals surface area contributed by atoms with Gasteiger partial charge in [0, 0.05) is 23.8 Å². The Kier molecular flexibility index (Phi) is 11.8. The molecule has 0 aromatic heterocycles. The van der Waals surface area contributed by atoms with E-state index in [1.54, 1.807) is 24.0 Å². The van der Waals surface area contributed by atoms with E-state index in [1.165, 1.54) is 4.90 Å². The number of ether oxygens (including phenoxy) is 2. The van der Waals surface area contributed by atoms with Gasteiger partial charge in [-0.25, -0.2) is 0 Å². The molecule has 3 amide bonds. The van der Waals surface area contributed by atoms with Crippen molar-refractivity contribution in [3.8, 4) is 0 Å².